The van der Waals surface area contributed by atoms with Crippen LogP contribution in [0.25, 0.3) is 0 Å². The lowest BCUT2D eigenvalue weighted by atomic mass is 10.1. The van der Waals surface area contributed by atoms with E-state index in [1.807, 2.05) is 12.1 Å². The third-order valence-electron chi connectivity index (χ3n) is 2.08. The third kappa shape index (κ3) is 4.62. The van der Waals surface area contributed by atoms with Crippen molar-refractivity contribution in [2.75, 3.05) is 13.7 Å². The molecule has 4 heteroatoms. The average molecular weight is 340 g/mol. The summed E-state index contributed by atoms with van der Waals surface area (Å²) >= 11 is 6.69. The second kappa shape index (κ2) is 6.61. The molecule has 0 saturated carbocycles. The van der Waals surface area contributed by atoms with Gasteiger partial charge in [0.1, 0.15) is 5.82 Å². The average Bonchev–Trinajstić information content (AvgIpc) is 2.20. The van der Waals surface area contributed by atoms with E-state index in [9.17, 15) is 4.39 Å². The van der Waals surface area contributed by atoms with Crippen molar-refractivity contribution in [3.05, 3.63) is 34.1 Å². The number of ether oxygens (including phenoxy) is 1. The first-order valence-corrected chi connectivity index (χ1v) is 6.41. The topological polar surface area (TPSA) is 9.23 Å². The van der Waals surface area contributed by atoms with Crippen LogP contribution < -0.4 is 0 Å². The Balaban J connectivity index is 2.47. The van der Waals surface area contributed by atoms with E-state index >= 15 is 0 Å². The largest absolute Gasteiger partial charge is 0.384 e. The highest BCUT2D eigenvalue weighted by molar-refractivity contribution is 9.10. The zero-order chi connectivity index (χ0) is 11.3. The minimum Gasteiger partial charge on any atom is -0.384 e. The van der Waals surface area contributed by atoms with E-state index < -0.39 is 0 Å². The predicted molar refractivity (Wildman–Crippen MR) is 67.0 cm³/mol. The molecule has 84 valence electrons. The molecule has 1 aromatic rings. The smallest absolute Gasteiger partial charge is 0.137 e. The molecule has 0 amide bonds. The van der Waals surface area contributed by atoms with Gasteiger partial charge in [-0.3, -0.25) is 0 Å². The van der Waals surface area contributed by atoms with Crippen molar-refractivity contribution in [1.29, 1.82) is 0 Å². The molecule has 0 aliphatic rings. The first-order chi connectivity index (χ1) is 7.13. The van der Waals surface area contributed by atoms with Crippen LogP contribution in [0, 0.1) is 5.82 Å². The van der Waals surface area contributed by atoms with Gasteiger partial charge < -0.3 is 4.74 Å². The van der Waals surface area contributed by atoms with Crippen molar-refractivity contribution in [2.24, 2.45) is 0 Å². The highest BCUT2D eigenvalue weighted by Crippen LogP contribution is 2.19. The summed E-state index contributed by atoms with van der Waals surface area (Å²) in [7, 11) is 1.68. The van der Waals surface area contributed by atoms with Gasteiger partial charge in [0.15, 0.2) is 0 Å². The number of hydrogen-bond acceptors (Lipinski definition) is 1. The Labute approximate surface area is 106 Å². The maximum absolute atomic E-state index is 12.9. The molecule has 1 unspecified atom stereocenters. The molecule has 1 rings (SSSR count). The van der Waals surface area contributed by atoms with Gasteiger partial charge in [0, 0.05) is 11.9 Å². The molecule has 1 nitrogen and oxygen atoms in total. The van der Waals surface area contributed by atoms with Gasteiger partial charge in [0.25, 0.3) is 0 Å². The Morgan fingerprint density at radius 3 is 2.80 bits per heavy atom. The Bertz CT molecular complexity index is 317. The molecule has 0 saturated heterocycles. The van der Waals surface area contributed by atoms with Gasteiger partial charge in [-0.25, -0.2) is 4.39 Å². The number of rotatable bonds is 5. The minimum absolute atomic E-state index is 0.217. The Morgan fingerprint density at radius 1 is 1.47 bits per heavy atom. The summed E-state index contributed by atoms with van der Waals surface area (Å²) in [5.41, 5.74) is 1.13. The molecular weight excluding hydrogens is 327 g/mol. The molecule has 0 fully saturated rings. The van der Waals surface area contributed by atoms with E-state index in [0.717, 1.165) is 18.4 Å². The van der Waals surface area contributed by atoms with Crippen LogP contribution >= 0.6 is 31.9 Å². The Kier molecular flexibility index (Phi) is 5.79. The molecule has 1 aromatic carbocycles. The Morgan fingerprint density at radius 2 is 2.20 bits per heavy atom. The summed E-state index contributed by atoms with van der Waals surface area (Å²) in [5.74, 6) is -0.217. The van der Waals surface area contributed by atoms with Crippen molar-refractivity contribution in [2.45, 2.75) is 17.7 Å². The van der Waals surface area contributed by atoms with E-state index in [4.69, 9.17) is 4.74 Å². The summed E-state index contributed by atoms with van der Waals surface area (Å²) in [6.07, 6.45) is 1.89. The quantitative estimate of drug-likeness (QED) is 0.738. The molecule has 0 aromatic heterocycles. The van der Waals surface area contributed by atoms with Gasteiger partial charge in [-0.1, -0.05) is 22.0 Å². The fraction of sp³-hybridized carbons (Fsp3) is 0.455. The lowest BCUT2D eigenvalue weighted by Gasteiger charge is -2.08. The zero-order valence-corrected chi connectivity index (χ0v) is 11.6. The number of methoxy groups -OCH3 is 1. The van der Waals surface area contributed by atoms with Crippen molar-refractivity contribution < 1.29 is 9.13 Å². The standard InChI is InChI=1S/C11H13Br2FO/c1-15-7-9(12)4-2-8-3-5-11(14)10(13)6-8/h3,5-6,9H,2,4,7H2,1H3. The van der Waals surface area contributed by atoms with Gasteiger partial charge in [-0.05, 0) is 46.5 Å². The van der Waals surface area contributed by atoms with Crippen LogP contribution in [-0.4, -0.2) is 18.5 Å². The second-order valence-electron chi connectivity index (χ2n) is 3.34. The number of benzene rings is 1. The monoisotopic (exact) mass is 338 g/mol. The van der Waals surface area contributed by atoms with Crippen molar-refractivity contribution in [3.8, 4) is 0 Å². The highest BCUT2D eigenvalue weighted by atomic mass is 79.9. The van der Waals surface area contributed by atoms with Crippen LogP contribution in [0.5, 0.6) is 0 Å². The molecule has 0 heterocycles. The van der Waals surface area contributed by atoms with Gasteiger partial charge in [0.2, 0.25) is 0 Å². The van der Waals surface area contributed by atoms with Crippen LogP contribution in [0.1, 0.15) is 12.0 Å². The number of hydrogen-bond donors (Lipinski definition) is 0. The van der Waals surface area contributed by atoms with Crippen LogP contribution in [0.4, 0.5) is 4.39 Å². The van der Waals surface area contributed by atoms with E-state index in [1.165, 1.54) is 6.07 Å². The molecule has 0 N–H and O–H groups in total. The SMILES string of the molecule is COCC(Br)CCc1ccc(F)c(Br)c1. The zero-order valence-electron chi connectivity index (χ0n) is 8.47. The third-order valence-corrected chi connectivity index (χ3v) is 3.41. The van der Waals surface area contributed by atoms with E-state index in [-0.39, 0.29) is 5.82 Å². The van der Waals surface area contributed by atoms with E-state index in [2.05, 4.69) is 31.9 Å². The lowest BCUT2D eigenvalue weighted by molar-refractivity contribution is 0.198. The van der Waals surface area contributed by atoms with Crippen molar-refractivity contribution in [1.82, 2.24) is 0 Å². The maximum atomic E-state index is 12.9. The summed E-state index contributed by atoms with van der Waals surface area (Å²) in [5, 5.41) is 0. The summed E-state index contributed by atoms with van der Waals surface area (Å²) in [6.45, 7) is 0.697. The van der Waals surface area contributed by atoms with Gasteiger partial charge in [0.05, 0.1) is 11.1 Å². The molecule has 0 bridgehead atoms. The molecule has 1 atom stereocenters. The lowest BCUT2D eigenvalue weighted by Crippen LogP contribution is -2.07. The van der Waals surface area contributed by atoms with Crippen molar-refractivity contribution in [3.63, 3.8) is 0 Å². The fourth-order valence-electron chi connectivity index (χ4n) is 1.28. The number of halogens is 3. The second-order valence-corrected chi connectivity index (χ2v) is 5.49. The molecule has 0 radical (unpaired) electrons. The summed E-state index contributed by atoms with van der Waals surface area (Å²) in [4.78, 5) is 0.353. The van der Waals surface area contributed by atoms with Crippen LogP contribution in [0.3, 0.4) is 0 Å². The molecular formula is C11H13Br2FO. The molecule has 0 aliphatic carbocycles. The van der Waals surface area contributed by atoms with Gasteiger partial charge in [-0.15, -0.1) is 0 Å². The number of alkyl halides is 1. The molecule has 0 aliphatic heterocycles. The Hall–Kier alpha value is 0.0700. The van der Waals surface area contributed by atoms with Crippen LogP contribution in [0.2, 0.25) is 0 Å². The fourth-order valence-corrected chi connectivity index (χ4v) is 2.20. The predicted octanol–water partition coefficient (Wildman–Crippen LogP) is 3.93. The van der Waals surface area contributed by atoms with E-state index in [0.29, 0.717) is 15.9 Å². The highest BCUT2D eigenvalue weighted by Gasteiger charge is 2.05. The number of aryl methyl sites for hydroxylation is 1. The normalized spacial score (nSPS) is 12.8. The van der Waals surface area contributed by atoms with Gasteiger partial charge in [-0.2, -0.15) is 0 Å². The van der Waals surface area contributed by atoms with Gasteiger partial charge >= 0.3 is 0 Å². The molecule has 15 heavy (non-hydrogen) atoms. The van der Waals surface area contributed by atoms with Crippen molar-refractivity contribution >= 4 is 31.9 Å². The van der Waals surface area contributed by atoms with E-state index in [1.54, 1.807) is 7.11 Å². The minimum atomic E-state index is -0.217. The van der Waals surface area contributed by atoms with Crippen LogP contribution in [-0.2, 0) is 11.2 Å². The maximum Gasteiger partial charge on any atom is 0.137 e. The first-order valence-electron chi connectivity index (χ1n) is 4.70. The summed E-state index contributed by atoms with van der Waals surface area (Å²) in [6, 6.07) is 5.12. The molecule has 0 spiro atoms. The first kappa shape index (κ1) is 13.1. The summed E-state index contributed by atoms with van der Waals surface area (Å²) < 4.78 is 18.5. The van der Waals surface area contributed by atoms with Crippen LogP contribution in [0.15, 0.2) is 22.7 Å².